The molecule has 0 bridgehead atoms. The van der Waals surface area contributed by atoms with Crippen LogP contribution in [0.25, 0.3) is 0 Å². The average molecular weight is 341 g/mol. The van der Waals surface area contributed by atoms with Crippen molar-refractivity contribution in [2.24, 2.45) is 0 Å². The molecule has 1 atom stereocenters. The minimum absolute atomic E-state index is 0.198. The van der Waals surface area contributed by atoms with Crippen molar-refractivity contribution >= 4 is 5.91 Å². The molecule has 132 valence electrons. The molecule has 1 aromatic heterocycles. The van der Waals surface area contributed by atoms with Crippen molar-refractivity contribution in [3.05, 3.63) is 42.2 Å². The highest BCUT2D eigenvalue weighted by Crippen LogP contribution is 2.33. The third-order valence-electron chi connectivity index (χ3n) is 4.99. The second-order valence-electron chi connectivity index (χ2n) is 6.66. The van der Waals surface area contributed by atoms with Crippen molar-refractivity contribution in [2.45, 2.75) is 44.7 Å². The summed E-state index contributed by atoms with van der Waals surface area (Å²) in [6.07, 6.45) is 8.49. The van der Waals surface area contributed by atoms with Gasteiger partial charge in [0.2, 0.25) is 12.7 Å². The number of fused-ring (bicyclic) bond motifs is 1. The molecule has 1 saturated heterocycles. The summed E-state index contributed by atoms with van der Waals surface area (Å²) >= 11 is 0. The third-order valence-corrected chi connectivity index (χ3v) is 4.99. The molecule has 2 aliphatic heterocycles. The van der Waals surface area contributed by atoms with Crippen molar-refractivity contribution in [2.75, 3.05) is 13.3 Å². The summed E-state index contributed by atoms with van der Waals surface area (Å²) < 4.78 is 12.7. The van der Waals surface area contributed by atoms with Crippen molar-refractivity contribution in [3.63, 3.8) is 0 Å². The Morgan fingerprint density at radius 2 is 2.16 bits per heavy atom. The minimum atomic E-state index is 0.198. The van der Waals surface area contributed by atoms with Crippen LogP contribution in [0.5, 0.6) is 11.5 Å². The van der Waals surface area contributed by atoms with Crippen LogP contribution in [0.1, 0.15) is 31.2 Å². The lowest BCUT2D eigenvalue weighted by Crippen LogP contribution is -2.44. The molecule has 3 heterocycles. The topological polar surface area (TPSA) is 56.6 Å². The first-order valence-electron chi connectivity index (χ1n) is 8.95. The van der Waals surface area contributed by atoms with Gasteiger partial charge in [0, 0.05) is 31.5 Å². The summed E-state index contributed by atoms with van der Waals surface area (Å²) in [4.78, 5) is 14.9. The molecular weight excluding hydrogens is 318 g/mol. The van der Waals surface area contributed by atoms with E-state index in [4.69, 9.17) is 9.47 Å². The Labute approximate surface area is 147 Å². The molecule has 2 aromatic rings. The Hall–Kier alpha value is -2.50. The van der Waals surface area contributed by atoms with Crippen molar-refractivity contribution < 1.29 is 14.3 Å². The van der Waals surface area contributed by atoms with Gasteiger partial charge in [0.25, 0.3) is 0 Å². The van der Waals surface area contributed by atoms with E-state index >= 15 is 0 Å². The highest BCUT2D eigenvalue weighted by Gasteiger charge is 2.27. The number of aromatic nitrogens is 2. The van der Waals surface area contributed by atoms with E-state index in [1.165, 1.54) is 6.42 Å². The van der Waals surface area contributed by atoms with E-state index in [1.54, 1.807) is 6.20 Å². The number of piperidine rings is 1. The predicted octanol–water partition coefficient (Wildman–Crippen LogP) is 2.63. The number of amides is 1. The molecule has 25 heavy (non-hydrogen) atoms. The van der Waals surface area contributed by atoms with Crippen molar-refractivity contribution in [1.29, 1.82) is 0 Å². The lowest BCUT2D eigenvalue weighted by atomic mass is 9.98. The van der Waals surface area contributed by atoms with Gasteiger partial charge in [-0.3, -0.25) is 9.48 Å². The van der Waals surface area contributed by atoms with E-state index < -0.39 is 0 Å². The first kappa shape index (κ1) is 16.0. The highest BCUT2D eigenvalue weighted by atomic mass is 16.7. The molecule has 1 fully saturated rings. The summed E-state index contributed by atoms with van der Waals surface area (Å²) in [5.74, 6) is 1.69. The smallest absolute Gasteiger partial charge is 0.231 e. The summed E-state index contributed by atoms with van der Waals surface area (Å²) in [7, 11) is 0. The third kappa shape index (κ3) is 3.62. The predicted molar refractivity (Wildman–Crippen MR) is 92.5 cm³/mol. The summed E-state index contributed by atoms with van der Waals surface area (Å²) in [6, 6.07) is 8.00. The maximum atomic E-state index is 12.9. The first-order chi connectivity index (χ1) is 12.3. The molecule has 6 heteroatoms. The number of rotatable bonds is 5. The van der Waals surface area contributed by atoms with Crippen molar-refractivity contribution in [3.8, 4) is 11.5 Å². The van der Waals surface area contributed by atoms with E-state index in [-0.39, 0.29) is 12.7 Å². The van der Waals surface area contributed by atoms with Crippen LogP contribution in [0.4, 0.5) is 0 Å². The van der Waals surface area contributed by atoms with Gasteiger partial charge in [-0.1, -0.05) is 6.07 Å². The Balaban J connectivity index is 1.40. The Bertz CT molecular complexity index is 730. The van der Waals surface area contributed by atoms with Gasteiger partial charge in [-0.2, -0.15) is 5.10 Å². The standard InChI is InChI=1S/C19H23N3O3/c23-19(13-15-5-6-17-18(12-15)25-14-24-17)22-10-2-1-4-16(22)7-11-21-9-3-8-20-21/h3,5-6,8-9,12,16H,1-2,4,7,10-11,13-14H2. The number of carbonyl (C=O) groups excluding carboxylic acids is 1. The molecule has 0 spiro atoms. The van der Waals surface area contributed by atoms with Gasteiger partial charge in [0.15, 0.2) is 11.5 Å². The van der Waals surface area contributed by atoms with Gasteiger partial charge in [0.05, 0.1) is 6.42 Å². The second-order valence-corrected chi connectivity index (χ2v) is 6.66. The molecule has 1 aromatic carbocycles. The Morgan fingerprint density at radius 3 is 3.04 bits per heavy atom. The van der Waals surface area contributed by atoms with Crippen LogP contribution in [0.3, 0.4) is 0 Å². The van der Waals surface area contributed by atoms with E-state index in [1.807, 2.05) is 35.1 Å². The number of aryl methyl sites for hydroxylation is 1. The molecule has 4 rings (SSSR count). The maximum absolute atomic E-state index is 12.9. The van der Waals surface area contributed by atoms with Crippen LogP contribution in [0, 0.1) is 0 Å². The molecule has 0 saturated carbocycles. The number of carbonyl (C=O) groups is 1. The van der Waals surface area contributed by atoms with Crippen LogP contribution in [0.15, 0.2) is 36.7 Å². The average Bonchev–Trinajstić information content (AvgIpc) is 3.31. The monoisotopic (exact) mass is 341 g/mol. The molecular formula is C19H23N3O3. The van der Waals surface area contributed by atoms with Crippen LogP contribution < -0.4 is 9.47 Å². The van der Waals surface area contributed by atoms with E-state index in [9.17, 15) is 4.79 Å². The van der Waals surface area contributed by atoms with Crippen LogP contribution in [-0.4, -0.2) is 40.0 Å². The number of likely N-dealkylation sites (tertiary alicyclic amines) is 1. The fraction of sp³-hybridized carbons (Fsp3) is 0.474. The molecule has 1 amide bonds. The first-order valence-corrected chi connectivity index (χ1v) is 8.95. The minimum Gasteiger partial charge on any atom is -0.454 e. The molecule has 1 unspecified atom stereocenters. The zero-order valence-corrected chi connectivity index (χ0v) is 14.3. The van der Waals surface area contributed by atoms with Gasteiger partial charge in [0.1, 0.15) is 0 Å². The molecule has 6 nitrogen and oxygen atoms in total. The zero-order chi connectivity index (χ0) is 17.1. The van der Waals surface area contributed by atoms with Crippen LogP contribution in [0.2, 0.25) is 0 Å². The van der Waals surface area contributed by atoms with Crippen molar-refractivity contribution in [1.82, 2.24) is 14.7 Å². The zero-order valence-electron chi connectivity index (χ0n) is 14.3. The van der Waals surface area contributed by atoms with E-state index in [2.05, 4.69) is 10.00 Å². The van der Waals surface area contributed by atoms with Gasteiger partial charge >= 0.3 is 0 Å². The fourth-order valence-corrected chi connectivity index (χ4v) is 3.67. The van der Waals surface area contributed by atoms with E-state index in [0.29, 0.717) is 12.5 Å². The Kier molecular flexibility index (Phi) is 4.59. The number of ether oxygens (including phenoxy) is 2. The number of hydrogen-bond donors (Lipinski definition) is 0. The normalized spacial score (nSPS) is 19.2. The fourth-order valence-electron chi connectivity index (χ4n) is 3.67. The molecule has 2 aliphatic rings. The SMILES string of the molecule is O=C(Cc1ccc2c(c1)OCO2)N1CCCCC1CCn1cccn1. The summed E-state index contributed by atoms with van der Waals surface area (Å²) in [6.45, 7) is 1.97. The van der Waals surface area contributed by atoms with Gasteiger partial charge in [-0.25, -0.2) is 0 Å². The molecule has 0 aliphatic carbocycles. The largest absolute Gasteiger partial charge is 0.454 e. The van der Waals surface area contributed by atoms with Gasteiger partial charge in [-0.05, 0) is 49.4 Å². The van der Waals surface area contributed by atoms with Crippen LogP contribution >= 0.6 is 0 Å². The number of benzene rings is 1. The lowest BCUT2D eigenvalue weighted by Gasteiger charge is -2.36. The van der Waals surface area contributed by atoms with Crippen LogP contribution in [-0.2, 0) is 17.8 Å². The highest BCUT2D eigenvalue weighted by molar-refractivity contribution is 5.79. The quantitative estimate of drug-likeness (QED) is 0.839. The van der Waals surface area contributed by atoms with Gasteiger partial charge in [-0.15, -0.1) is 0 Å². The maximum Gasteiger partial charge on any atom is 0.231 e. The molecule has 0 radical (unpaired) electrons. The summed E-state index contributed by atoms with van der Waals surface area (Å²) in [5, 5.41) is 4.26. The lowest BCUT2D eigenvalue weighted by molar-refractivity contribution is -0.134. The van der Waals surface area contributed by atoms with E-state index in [0.717, 1.165) is 49.4 Å². The summed E-state index contributed by atoms with van der Waals surface area (Å²) in [5.41, 5.74) is 0.977. The number of nitrogens with zero attached hydrogens (tertiary/aromatic N) is 3. The van der Waals surface area contributed by atoms with Gasteiger partial charge < -0.3 is 14.4 Å². The molecule has 0 N–H and O–H groups in total. The second kappa shape index (κ2) is 7.17. The Morgan fingerprint density at radius 1 is 1.24 bits per heavy atom. The number of hydrogen-bond acceptors (Lipinski definition) is 4.